The quantitative estimate of drug-likeness (QED) is 0.135. The van der Waals surface area contributed by atoms with Crippen molar-refractivity contribution >= 4 is 66.2 Å². The molecule has 0 atom stereocenters. The summed E-state index contributed by atoms with van der Waals surface area (Å²) >= 11 is 0. The van der Waals surface area contributed by atoms with Crippen LogP contribution in [0.5, 0.6) is 23.0 Å². The van der Waals surface area contributed by atoms with Crippen LogP contribution in [0.4, 0.5) is 0 Å². The minimum absolute atomic E-state index is 0.0477. The van der Waals surface area contributed by atoms with E-state index in [1.807, 2.05) is 18.2 Å². The molecule has 0 aliphatic carbocycles. The van der Waals surface area contributed by atoms with Crippen LogP contribution in [0.25, 0.3) is 76.5 Å². The first kappa shape index (κ1) is 30.4. The van der Waals surface area contributed by atoms with Gasteiger partial charge in [-0.1, -0.05) is 164 Å². The van der Waals surface area contributed by atoms with Gasteiger partial charge in [0.05, 0.1) is 0 Å². The van der Waals surface area contributed by atoms with Crippen LogP contribution < -0.4 is 25.9 Å². The van der Waals surface area contributed by atoms with E-state index in [1.165, 1.54) is 76.4 Å². The van der Waals surface area contributed by atoms with Gasteiger partial charge in [0.2, 0.25) is 0 Å². The van der Waals surface area contributed by atoms with Gasteiger partial charge >= 0.3 is 0 Å². The van der Waals surface area contributed by atoms with Crippen molar-refractivity contribution in [2.24, 2.45) is 0 Å². The van der Waals surface area contributed by atoms with Gasteiger partial charge in [-0.2, -0.15) is 0 Å². The second-order valence-corrected chi connectivity index (χ2v) is 14.7. The van der Waals surface area contributed by atoms with Gasteiger partial charge in [-0.3, -0.25) is 0 Å². The molecule has 2 heterocycles. The molecule has 10 aromatic carbocycles. The van der Waals surface area contributed by atoms with Crippen molar-refractivity contribution in [1.82, 2.24) is 0 Å². The van der Waals surface area contributed by atoms with E-state index in [2.05, 4.69) is 170 Å². The van der Waals surface area contributed by atoms with Gasteiger partial charge in [0.15, 0.2) is 0 Å². The monoisotopic (exact) mass is 698 g/mol. The van der Waals surface area contributed by atoms with E-state index in [9.17, 15) is 0 Å². The Morgan fingerprint density at radius 2 is 0.782 bits per heavy atom. The molecule has 0 N–H and O–H groups in total. The average molecular weight is 699 g/mol. The lowest BCUT2D eigenvalue weighted by molar-refractivity contribution is 0.464. The van der Waals surface area contributed by atoms with Gasteiger partial charge in [-0.05, 0) is 112 Å². The van der Waals surface area contributed by atoms with Crippen LogP contribution in [-0.2, 0) is 0 Å². The Balaban J connectivity index is 1.06. The first-order valence-electron chi connectivity index (χ1n) is 19.0. The van der Waals surface area contributed by atoms with Crippen LogP contribution in [-0.4, -0.2) is 6.71 Å². The van der Waals surface area contributed by atoms with Crippen molar-refractivity contribution in [3.05, 3.63) is 188 Å². The van der Waals surface area contributed by atoms with E-state index in [0.29, 0.717) is 0 Å². The second kappa shape index (κ2) is 11.7. The summed E-state index contributed by atoms with van der Waals surface area (Å²) in [4.78, 5) is 0. The van der Waals surface area contributed by atoms with E-state index in [4.69, 9.17) is 9.47 Å². The summed E-state index contributed by atoms with van der Waals surface area (Å²) in [5.74, 6) is 3.51. The first-order valence-corrected chi connectivity index (χ1v) is 19.0. The average Bonchev–Trinajstić information content (AvgIpc) is 3.25. The Labute approximate surface area is 318 Å². The summed E-state index contributed by atoms with van der Waals surface area (Å²) in [7, 11) is 0. The molecule has 0 aromatic heterocycles. The number of hydrogen-bond acceptors (Lipinski definition) is 2. The van der Waals surface area contributed by atoms with E-state index in [-0.39, 0.29) is 6.71 Å². The third kappa shape index (κ3) is 4.44. The molecule has 0 fully saturated rings. The molecule has 0 radical (unpaired) electrons. The number of rotatable bonds is 3. The largest absolute Gasteiger partial charge is 0.458 e. The van der Waals surface area contributed by atoms with Crippen LogP contribution in [0.2, 0.25) is 0 Å². The summed E-state index contributed by atoms with van der Waals surface area (Å²) in [6, 6.07) is 68.0. The van der Waals surface area contributed by atoms with Crippen molar-refractivity contribution < 1.29 is 9.47 Å². The molecule has 0 amide bonds. The van der Waals surface area contributed by atoms with Crippen LogP contribution in [0.1, 0.15) is 0 Å². The fourth-order valence-corrected chi connectivity index (χ4v) is 9.46. The summed E-state index contributed by atoms with van der Waals surface area (Å²) in [5.41, 5.74) is 10.8. The molecule has 0 unspecified atom stereocenters. The highest BCUT2D eigenvalue weighted by Crippen LogP contribution is 2.48. The standard InChI is InChI=1S/C52H31BO2/c1-2-15-34-32(13-1)14-11-22-38(34)50-39-18-5-7-20-41(39)51(42-21-8-6-19-40(42)50)43-29-28-35(36-16-3-4-17-37(36)43)33-27-30-45-49(31-33)55-48-26-12-25-47-52(48)53(45)44-23-9-10-24-46(44)54-47/h1-31H. The number of para-hydroxylation sites is 1. The Bertz CT molecular complexity index is 3170. The molecule has 254 valence electrons. The third-order valence-corrected chi connectivity index (χ3v) is 11.8. The summed E-state index contributed by atoms with van der Waals surface area (Å²) in [6.45, 7) is 0.0477. The highest BCUT2D eigenvalue weighted by molar-refractivity contribution is 6.98. The lowest BCUT2D eigenvalue weighted by Crippen LogP contribution is -2.57. The van der Waals surface area contributed by atoms with E-state index in [0.717, 1.165) is 39.5 Å². The third-order valence-electron chi connectivity index (χ3n) is 11.8. The van der Waals surface area contributed by atoms with Gasteiger partial charge < -0.3 is 9.47 Å². The van der Waals surface area contributed by atoms with E-state index in [1.54, 1.807) is 0 Å². The highest BCUT2D eigenvalue weighted by Gasteiger charge is 2.39. The summed E-state index contributed by atoms with van der Waals surface area (Å²) in [6.07, 6.45) is 0. The van der Waals surface area contributed by atoms with Gasteiger partial charge in [0, 0.05) is 5.46 Å². The molecular formula is C52H31BO2. The lowest BCUT2D eigenvalue weighted by Gasteiger charge is -2.33. The van der Waals surface area contributed by atoms with Gasteiger partial charge in [-0.15, -0.1) is 0 Å². The number of fused-ring (bicyclic) bond motifs is 8. The Morgan fingerprint density at radius 3 is 1.49 bits per heavy atom. The molecular weight excluding hydrogens is 667 g/mol. The molecule has 0 bridgehead atoms. The zero-order valence-electron chi connectivity index (χ0n) is 29.8. The van der Waals surface area contributed by atoms with E-state index < -0.39 is 0 Å². The minimum Gasteiger partial charge on any atom is -0.458 e. The van der Waals surface area contributed by atoms with E-state index >= 15 is 0 Å². The zero-order valence-corrected chi connectivity index (χ0v) is 29.8. The summed E-state index contributed by atoms with van der Waals surface area (Å²) < 4.78 is 13.0. The fourth-order valence-electron chi connectivity index (χ4n) is 9.46. The first-order chi connectivity index (χ1) is 27.3. The molecule has 55 heavy (non-hydrogen) atoms. The van der Waals surface area contributed by atoms with Crippen molar-refractivity contribution in [3.8, 4) is 56.4 Å². The Kier molecular flexibility index (Phi) is 6.46. The molecule has 2 aliphatic heterocycles. The molecule has 3 heteroatoms. The molecule has 0 spiro atoms. The van der Waals surface area contributed by atoms with Crippen molar-refractivity contribution in [3.63, 3.8) is 0 Å². The number of ether oxygens (including phenoxy) is 2. The second-order valence-electron chi connectivity index (χ2n) is 14.7. The van der Waals surface area contributed by atoms with Gasteiger partial charge in [-0.25, -0.2) is 0 Å². The maximum Gasteiger partial charge on any atom is 0.260 e. The maximum absolute atomic E-state index is 6.70. The lowest BCUT2D eigenvalue weighted by atomic mass is 9.35. The van der Waals surface area contributed by atoms with Crippen LogP contribution >= 0.6 is 0 Å². The molecule has 12 rings (SSSR count). The predicted octanol–water partition coefficient (Wildman–Crippen LogP) is 12.0. The van der Waals surface area contributed by atoms with Crippen molar-refractivity contribution in [2.45, 2.75) is 0 Å². The van der Waals surface area contributed by atoms with Crippen LogP contribution in [0.3, 0.4) is 0 Å². The van der Waals surface area contributed by atoms with Crippen LogP contribution in [0, 0.1) is 0 Å². The smallest absolute Gasteiger partial charge is 0.260 e. The Hall–Kier alpha value is -7.10. The van der Waals surface area contributed by atoms with Crippen LogP contribution in [0.15, 0.2) is 188 Å². The maximum atomic E-state index is 6.70. The van der Waals surface area contributed by atoms with Gasteiger partial charge in [0.25, 0.3) is 6.71 Å². The molecule has 2 aliphatic rings. The molecule has 10 aromatic rings. The summed E-state index contributed by atoms with van der Waals surface area (Å²) in [5, 5.41) is 9.95. The van der Waals surface area contributed by atoms with Crippen molar-refractivity contribution in [2.75, 3.05) is 0 Å². The van der Waals surface area contributed by atoms with Crippen molar-refractivity contribution in [1.29, 1.82) is 0 Å². The molecule has 0 saturated carbocycles. The predicted molar refractivity (Wildman–Crippen MR) is 230 cm³/mol. The molecule has 0 saturated heterocycles. The fraction of sp³-hybridized carbons (Fsp3) is 0. The minimum atomic E-state index is 0.0477. The normalized spacial score (nSPS) is 12.6. The van der Waals surface area contributed by atoms with Gasteiger partial charge in [0.1, 0.15) is 23.0 Å². The zero-order chi connectivity index (χ0) is 36.0. The topological polar surface area (TPSA) is 18.5 Å². The highest BCUT2D eigenvalue weighted by atomic mass is 16.5. The Morgan fingerprint density at radius 1 is 0.309 bits per heavy atom. The number of benzene rings is 10. The number of hydrogen-bond donors (Lipinski definition) is 0. The SMILES string of the molecule is c1ccc2c(c1)Oc1cccc3c1B2c1ccc(-c2ccc(-c4c5ccccc5c(-c5cccc6ccccc56)c5ccccc45)c4ccccc24)cc1O3. The molecule has 2 nitrogen and oxygen atoms in total.